The third-order valence-electron chi connectivity index (χ3n) is 3.25. The summed E-state index contributed by atoms with van der Waals surface area (Å²) in [6.45, 7) is 0.259. The molecule has 0 saturated heterocycles. The molecule has 2 aromatic heterocycles. The zero-order chi connectivity index (χ0) is 13.5. The number of ether oxygens (including phenoxy) is 2. The van der Waals surface area contributed by atoms with Crippen LogP contribution in [0, 0.1) is 11.3 Å². The average molecular weight is 263 g/mol. The van der Waals surface area contributed by atoms with Crippen LogP contribution in [0.3, 0.4) is 0 Å². The van der Waals surface area contributed by atoms with E-state index in [4.69, 9.17) is 14.7 Å². The van der Waals surface area contributed by atoms with E-state index in [1.807, 2.05) is 34.9 Å². The molecular formula is C15H9N3O2. The second-order valence-corrected chi connectivity index (χ2v) is 4.49. The molecular weight excluding hydrogens is 254 g/mol. The first-order valence-electron chi connectivity index (χ1n) is 6.12. The highest BCUT2D eigenvalue weighted by molar-refractivity contribution is 5.66. The van der Waals surface area contributed by atoms with Crippen LogP contribution in [0.5, 0.6) is 11.5 Å². The standard InChI is InChI=1S/C15H9N3O2/c16-6-10-1-4-15-17-12(8-18(15)7-10)11-2-3-13-14(5-11)20-9-19-13/h1-5,7-8H,9H2. The Bertz CT molecular complexity index is 861. The summed E-state index contributed by atoms with van der Waals surface area (Å²) in [5.41, 5.74) is 3.19. The van der Waals surface area contributed by atoms with Crippen LogP contribution in [0.2, 0.25) is 0 Å². The van der Waals surface area contributed by atoms with Crippen LogP contribution >= 0.6 is 0 Å². The number of nitriles is 1. The maximum atomic E-state index is 8.91. The van der Waals surface area contributed by atoms with E-state index in [-0.39, 0.29) is 6.79 Å². The zero-order valence-electron chi connectivity index (χ0n) is 10.4. The predicted molar refractivity (Wildman–Crippen MR) is 71.5 cm³/mol. The highest BCUT2D eigenvalue weighted by Gasteiger charge is 2.15. The Morgan fingerprint density at radius 2 is 2.00 bits per heavy atom. The predicted octanol–water partition coefficient (Wildman–Crippen LogP) is 2.60. The van der Waals surface area contributed by atoms with Gasteiger partial charge in [0.1, 0.15) is 11.7 Å². The Hall–Kier alpha value is -3.00. The van der Waals surface area contributed by atoms with E-state index in [1.54, 1.807) is 12.3 Å². The van der Waals surface area contributed by atoms with E-state index in [9.17, 15) is 0 Å². The first kappa shape index (κ1) is 10.9. The van der Waals surface area contributed by atoms with Crippen LogP contribution in [0.25, 0.3) is 16.9 Å². The number of pyridine rings is 1. The van der Waals surface area contributed by atoms with Gasteiger partial charge in [-0.25, -0.2) is 4.98 Å². The van der Waals surface area contributed by atoms with Gasteiger partial charge in [-0.3, -0.25) is 0 Å². The van der Waals surface area contributed by atoms with Crippen LogP contribution in [0.1, 0.15) is 5.56 Å². The van der Waals surface area contributed by atoms with E-state index >= 15 is 0 Å². The molecule has 4 rings (SSSR count). The molecule has 20 heavy (non-hydrogen) atoms. The van der Waals surface area contributed by atoms with E-state index in [0.29, 0.717) is 5.56 Å². The first-order chi connectivity index (χ1) is 9.83. The summed E-state index contributed by atoms with van der Waals surface area (Å²) in [4.78, 5) is 4.54. The summed E-state index contributed by atoms with van der Waals surface area (Å²) in [5.74, 6) is 1.49. The second-order valence-electron chi connectivity index (χ2n) is 4.49. The zero-order valence-corrected chi connectivity index (χ0v) is 10.4. The molecule has 0 bridgehead atoms. The molecule has 0 fully saturated rings. The van der Waals surface area contributed by atoms with Crippen molar-refractivity contribution in [3.8, 4) is 28.8 Å². The summed E-state index contributed by atoms with van der Waals surface area (Å²) >= 11 is 0. The van der Waals surface area contributed by atoms with E-state index in [2.05, 4.69) is 11.1 Å². The van der Waals surface area contributed by atoms with Crippen molar-refractivity contribution < 1.29 is 9.47 Å². The number of rotatable bonds is 1. The van der Waals surface area contributed by atoms with E-state index in [0.717, 1.165) is 28.4 Å². The van der Waals surface area contributed by atoms with Crippen LogP contribution in [0.15, 0.2) is 42.7 Å². The Kier molecular flexibility index (Phi) is 2.18. The van der Waals surface area contributed by atoms with Gasteiger partial charge >= 0.3 is 0 Å². The summed E-state index contributed by atoms with van der Waals surface area (Å²) in [6, 6.07) is 11.4. The molecule has 3 aromatic rings. The molecule has 0 N–H and O–H groups in total. The number of fused-ring (bicyclic) bond motifs is 2. The molecule has 0 saturated carbocycles. The van der Waals surface area contributed by atoms with Crippen molar-refractivity contribution >= 4 is 5.65 Å². The number of aromatic nitrogens is 2. The van der Waals surface area contributed by atoms with Gasteiger partial charge < -0.3 is 13.9 Å². The molecule has 1 aromatic carbocycles. The molecule has 96 valence electrons. The van der Waals surface area contributed by atoms with Gasteiger partial charge in [-0.05, 0) is 30.3 Å². The SMILES string of the molecule is N#Cc1ccc2nc(-c3ccc4c(c3)OCO4)cn2c1. The molecule has 5 heteroatoms. The highest BCUT2D eigenvalue weighted by Crippen LogP contribution is 2.35. The maximum Gasteiger partial charge on any atom is 0.231 e. The van der Waals surface area contributed by atoms with E-state index in [1.165, 1.54) is 0 Å². The number of imidazole rings is 1. The van der Waals surface area contributed by atoms with Crippen LogP contribution in [0.4, 0.5) is 0 Å². The Balaban J connectivity index is 1.84. The average Bonchev–Trinajstić information content (AvgIpc) is 3.11. The lowest BCUT2D eigenvalue weighted by atomic mass is 10.1. The molecule has 3 heterocycles. The third kappa shape index (κ3) is 1.59. The minimum absolute atomic E-state index is 0.259. The van der Waals surface area contributed by atoms with Gasteiger partial charge in [-0.2, -0.15) is 5.26 Å². The van der Waals surface area contributed by atoms with Gasteiger partial charge in [-0.1, -0.05) is 0 Å². The Morgan fingerprint density at radius 1 is 1.10 bits per heavy atom. The van der Waals surface area contributed by atoms with Crippen molar-refractivity contribution in [2.75, 3.05) is 6.79 Å². The van der Waals surface area contributed by atoms with Crippen molar-refractivity contribution in [2.45, 2.75) is 0 Å². The first-order valence-corrected chi connectivity index (χ1v) is 6.12. The molecule has 0 unspecified atom stereocenters. The van der Waals surface area contributed by atoms with Gasteiger partial charge in [0.25, 0.3) is 0 Å². The van der Waals surface area contributed by atoms with Gasteiger partial charge in [0.15, 0.2) is 11.5 Å². The number of hydrogen-bond acceptors (Lipinski definition) is 4. The fourth-order valence-corrected chi connectivity index (χ4v) is 2.25. The summed E-state index contributed by atoms with van der Waals surface area (Å²) in [5, 5.41) is 8.91. The maximum absolute atomic E-state index is 8.91. The highest BCUT2D eigenvalue weighted by atomic mass is 16.7. The van der Waals surface area contributed by atoms with Crippen molar-refractivity contribution in [1.82, 2.24) is 9.38 Å². The lowest BCUT2D eigenvalue weighted by Crippen LogP contribution is -1.92. The largest absolute Gasteiger partial charge is 0.454 e. The smallest absolute Gasteiger partial charge is 0.231 e. The summed E-state index contributed by atoms with van der Waals surface area (Å²) in [7, 11) is 0. The Morgan fingerprint density at radius 3 is 2.90 bits per heavy atom. The van der Waals surface area contributed by atoms with Crippen LogP contribution in [-0.4, -0.2) is 16.2 Å². The quantitative estimate of drug-likeness (QED) is 0.677. The van der Waals surface area contributed by atoms with Crippen molar-refractivity contribution in [3.63, 3.8) is 0 Å². The minimum atomic E-state index is 0.259. The fraction of sp³-hybridized carbons (Fsp3) is 0.0667. The molecule has 0 amide bonds. The third-order valence-corrected chi connectivity index (χ3v) is 3.25. The van der Waals surface area contributed by atoms with Gasteiger partial charge in [0.05, 0.1) is 11.3 Å². The fourth-order valence-electron chi connectivity index (χ4n) is 2.25. The van der Waals surface area contributed by atoms with Gasteiger partial charge in [0, 0.05) is 18.0 Å². The van der Waals surface area contributed by atoms with Crippen molar-refractivity contribution in [1.29, 1.82) is 5.26 Å². The molecule has 1 aliphatic heterocycles. The minimum Gasteiger partial charge on any atom is -0.454 e. The lowest BCUT2D eigenvalue weighted by Gasteiger charge is -1.98. The number of nitrogens with zero attached hydrogens (tertiary/aromatic N) is 3. The van der Waals surface area contributed by atoms with Crippen LogP contribution < -0.4 is 9.47 Å². The molecule has 0 aliphatic carbocycles. The molecule has 0 atom stereocenters. The summed E-state index contributed by atoms with van der Waals surface area (Å²) in [6.07, 6.45) is 3.66. The monoisotopic (exact) mass is 263 g/mol. The lowest BCUT2D eigenvalue weighted by molar-refractivity contribution is 0.174. The van der Waals surface area contributed by atoms with Crippen molar-refractivity contribution in [2.24, 2.45) is 0 Å². The molecule has 5 nitrogen and oxygen atoms in total. The number of hydrogen-bond donors (Lipinski definition) is 0. The normalized spacial score (nSPS) is 12.6. The molecule has 0 spiro atoms. The Labute approximate surface area is 114 Å². The molecule has 1 aliphatic rings. The van der Waals surface area contributed by atoms with Gasteiger partial charge in [-0.15, -0.1) is 0 Å². The number of benzene rings is 1. The summed E-state index contributed by atoms with van der Waals surface area (Å²) < 4.78 is 12.5. The van der Waals surface area contributed by atoms with Gasteiger partial charge in [0.2, 0.25) is 6.79 Å². The second kappa shape index (κ2) is 4.00. The van der Waals surface area contributed by atoms with E-state index < -0.39 is 0 Å². The molecule has 0 radical (unpaired) electrons. The van der Waals surface area contributed by atoms with Crippen LogP contribution in [-0.2, 0) is 0 Å². The topological polar surface area (TPSA) is 59.5 Å². The van der Waals surface area contributed by atoms with Crippen molar-refractivity contribution in [3.05, 3.63) is 48.3 Å².